The number of nitrogens with zero attached hydrogens (tertiary/aromatic N) is 2. The van der Waals surface area contributed by atoms with E-state index in [0.29, 0.717) is 11.0 Å². The number of benzene rings is 3. The van der Waals surface area contributed by atoms with Gasteiger partial charge in [-0.15, -0.1) is 5.10 Å². The van der Waals surface area contributed by atoms with Crippen molar-refractivity contribution in [3.05, 3.63) is 72.3 Å². The Morgan fingerprint density at radius 1 is 1.07 bits per heavy atom. The number of hydrogen-bond acceptors (Lipinski definition) is 4. The summed E-state index contributed by atoms with van der Waals surface area (Å²) < 4.78 is 0. The number of H-pyrrole nitrogens is 1. The maximum Gasteiger partial charge on any atom is 0.237 e. The molecule has 4 aromatic rings. The highest BCUT2D eigenvalue weighted by molar-refractivity contribution is 8.00. The molecule has 0 saturated heterocycles. The SMILES string of the molecule is CCc1ccc(-c2nc(SC(C)C(=O)Nc3cccc4ccccc34)n[nH]2)cc1. The van der Waals surface area contributed by atoms with Crippen LogP contribution in [-0.4, -0.2) is 26.3 Å². The minimum atomic E-state index is -0.333. The van der Waals surface area contributed by atoms with Gasteiger partial charge in [-0.25, -0.2) is 4.98 Å². The molecule has 0 radical (unpaired) electrons. The lowest BCUT2D eigenvalue weighted by Crippen LogP contribution is -2.22. The topological polar surface area (TPSA) is 70.7 Å². The first-order valence-electron chi connectivity index (χ1n) is 9.61. The quantitative estimate of drug-likeness (QED) is 0.429. The molecule has 1 amide bonds. The van der Waals surface area contributed by atoms with Crippen LogP contribution in [0.1, 0.15) is 19.4 Å². The van der Waals surface area contributed by atoms with E-state index in [1.807, 2.05) is 61.5 Å². The maximum absolute atomic E-state index is 12.7. The fraction of sp³-hybridized carbons (Fsp3) is 0.174. The van der Waals surface area contributed by atoms with Crippen molar-refractivity contribution in [3.8, 4) is 11.4 Å². The lowest BCUT2D eigenvalue weighted by molar-refractivity contribution is -0.115. The fourth-order valence-corrected chi connectivity index (χ4v) is 3.83. The van der Waals surface area contributed by atoms with Crippen molar-refractivity contribution in [2.45, 2.75) is 30.7 Å². The Bertz CT molecular complexity index is 1130. The molecule has 29 heavy (non-hydrogen) atoms. The van der Waals surface area contributed by atoms with Crippen LogP contribution in [0, 0.1) is 0 Å². The summed E-state index contributed by atoms with van der Waals surface area (Å²) in [5, 5.41) is 12.6. The summed E-state index contributed by atoms with van der Waals surface area (Å²) in [5.41, 5.74) is 3.07. The number of nitrogens with one attached hydrogen (secondary N) is 2. The van der Waals surface area contributed by atoms with Gasteiger partial charge in [-0.2, -0.15) is 0 Å². The van der Waals surface area contributed by atoms with Gasteiger partial charge in [0.2, 0.25) is 11.1 Å². The van der Waals surface area contributed by atoms with Gasteiger partial charge in [-0.05, 0) is 30.4 Å². The second kappa shape index (κ2) is 8.49. The first-order chi connectivity index (χ1) is 14.1. The number of thioether (sulfide) groups is 1. The summed E-state index contributed by atoms with van der Waals surface area (Å²) in [5.74, 6) is 0.627. The number of aromatic amines is 1. The lowest BCUT2D eigenvalue weighted by atomic mass is 10.1. The van der Waals surface area contributed by atoms with Crippen LogP contribution in [0.2, 0.25) is 0 Å². The van der Waals surface area contributed by atoms with Crippen molar-refractivity contribution < 1.29 is 4.79 Å². The molecule has 0 fully saturated rings. The zero-order valence-corrected chi connectivity index (χ0v) is 17.2. The molecule has 3 aromatic carbocycles. The third-order valence-corrected chi connectivity index (χ3v) is 5.76. The minimum absolute atomic E-state index is 0.0787. The van der Waals surface area contributed by atoms with Gasteiger partial charge in [0, 0.05) is 16.6 Å². The van der Waals surface area contributed by atoms with Gasteiger partial charge < -0.3 is 5.32 Å². The second-order valence-electron chi connectivity index (χ2n) is 6.79. The van der Waals surface area contributed by atoms with E-state index >= 15 is 0 Å². The highest BCUT2D eigenvalue weighted by Gasteiger charge is 2.18. The molecule has 146 valence electrons. The standard InChI is InChI=1S/C23H22N4OS/c1-3-16-11-13-18(14-12-16)21-25-23(27-26-21)29-15(2)22(28)24-20-10-6-8-17-7-4-5-9-19(17)20/h4-15H,3H2,1-2H3,(H,24,28)(H,25,26,27). The predicted octanol–water partition coefficient (Wildman–Crippen LogP) is 5.31. The molecule has 0 aliphatic rings. The first kappa shape index (κ1) is 19.2. The van der Waals surface area contributed by atoms with Crippen LogP contribution in [-0.2, 0) is 11.2 Å². The Hall–Kier alpha value is -3.12. The normalized spacial score (nSPS) is 12.1. The monoisotopic (exact) mass is 402 g/mol. The number of hydrogen-bond donors (Lipinski definition) is 2. The molecule has 1 atom stereocenters. The average Bonchev–Trinajstić information content (AvgIpc) is 3.22. The van der Waals surface area contributed by atoms with Gasteiger partial charge >= 0.3 is 0 Å². The minimum Gasteiger partial charge on any atom is -0.325 e. The molecule has 0 bridgehead atoms. The fourth-order valence-electron chi connectivity index (χ4n) is 3.11. The molecular weight excluding hydrogens is 380 g/mol. The summed E-state index contributed by atoms with van der Waals surface area (Å²) in [6, 6.07) is 22.1. The summed E-state index contributed by atoms with van der Waals surface area (Å²) >= 11 is 1.33. The molecule has 2 N–H and O–H groups in total. The molecule has 1 aromatic heterocycles. The van der Waals surface area contributed by atoms with E-state index in [2.05, 4.69) is 39.6 Å². The van der Waals surface area contributed by atoms with Gasteiger partial charge in [0.15, 0.2) is 5.82 Å². The lowest BCUT2D eigenvalue weighted by Gasteiger charge is -2.12. The summed E-state index contributed by atoms with van der Waals surface area (Å²) in [6.07, 6.45) is 1.00. The third kappa shape index (κ3) is 4.32. The Labute approximate surface area is 174 Å². The molecule has 0 aliphatic carbocycles. The van der Waals surface area contributed by atoms with Gasteiger partial charge in [0.1, 0.15) is 0 Å². The number of carbonyl (C=O) groups is 1. The van der Waals surface area contributed by atoms with Crippen molar-refractivity contribution >= 4 is 34.1 Å². The summed E-state index contributed by atoms with van der Waals surface area (Å²) in [7, 11) is 0. The summed E-state index contributed by atoms with van der Waals surface area (Å²) in [6.45, 7) is 3.99. The van der Waals surface area contributed by atoms with Gasteiger partial charge in [-0.1, -0.05) is 79.3 Å². The zero-order chi connectivity index (χ0) is 20.2. The number of fused-ring (bicyclic) bond motifs is 1. The van der Waals surface area contributed by atoms with E-state index in [0.717, 1.165) is 28.4 Å². The first-order valence-corrected chi connectivity index (χ1v) is 10.5. The molecule has 6 heteroatoms. The van der Waals surface area contributed by atoms with Crippen molar-refractivity contribution in [2.24, 2.45) is 0 Å². The van der Waals surface area contributed by atoms with Crippen molar-refractivity contribution in [2.75, 3.05) is 5.32 Å². The van der Waals surface area contributed by atoms with Crippen molar-refractivity contribution in [1.82, 2.24) is 15.2 Å². The van der Waals surface area contributed by atoms with Gasteiger partial charge in [0.05, 0.1) is 5.25 Å². The highest BCUT2D eigenvalue weighted by atomic mass is 32.2. The third-order valence-electron chi connectivity index (χ3n) is 4.80. The molecular formula is C23H22N4OS. The Kier molecular flexibility index (Phi) is 5.62. The van der Waals surface area contributed by atoms with Crippen LogP contribution in [0.4, 0.5) is 5.69 Å². The van der Waals surface area contributed by atoms with Gasteiger partial charge in [0.25, 0.3) is 0 Å². The van der Waals surface area contributed by atoms with Crippen molar-refractivity contribution in [3.63, 3.8) is 0 Å². The molecule has 4 rings (SSSR count). The number of amides is 1. The molecule has 0 spiro atoms. The molecule has 0 saturated carbocycles. The van der Waals surface area contributed by atoms with Crippen LogP contribution in [0.5, 0.6) is 0 Å². The number of anilines is 1. The van der Waals surface area contributed by atoms with E-state index in [1.54, 1.807) is 0 Å². The van der Waals surface area contributed by atoms with Crippen LogP contribution >= 0.6 is 11.8 Å². The van der Waals surface area contributed by atoms with Crippen LogP contribution in [0.25, 0.3) is 22.2 Å². The van der Waals surface area contributed by atoms with E-state index < -0.39 is 0 Å². The molecule has 1 heterocycles. The Balaban J connectivity index is 1.44. The molecule has 5 nitrogen and oxygen atoms in total. The number of aromatic nitrogens is 3. The average molecular weight is 403 g/mol. The zero-order valence-electron chi connectivity index (χ0n) is 16.3. The van der Waals surface area contributed by atoms with E-state index in [4.69, 9.17) is 0 Å². The summed E-state index contributed by atoms with van der Waals surface area (Å²) in [4.78, 5) is 17.2. The largest absolute Gasteiger partial charge is 0.325 e. The smallest absolute Gasteiger partial charge is 0.237 e. The maximum atomic E-state index is 12.7. The predicted molar refractivity (Wildman–Crippen MR) is 119 cm³/mol. The number of aryl methyl sites for hydroxylation is 1. The Morgan fingerprint density at radius 3 is 2.62 bits per heavy atom. The number of carbonyl (C=O) groups excluding carboxylic acids is 1. The van der Waals surface area contributed by atoms with E-state index in [9.17, 15) is 4.79 Å². The molecule has 1 unspecified atom stereocenters. The second-order valence-corrected chi connectivity index (χ2v) is 8.10. The molecule has 0 aliphatic heterocycles. The van der Waals surface area contributed by atoms with Crippen LogP contribution < -0.4 is 5.32 Å². The van der Waals surface area contributed by atoms with Crippen LogP contribution in [0.15, 0.2) is 71.9 Å². The van der Waals surface area contributed by atoms with Crippen molar-refractivity contribution in [1.29, 1.82) is 0 Å². The highest BCUT2D eigenvalue weighted by Crippen LogP contribution is 2.26. The number of rotatable bonds is 6. The van der Waals surface area contributed by atoms with Crippen LogP contribution in [0.3, 0.4) is 0 Å². The van der Waals surface area contributed by atoms with Gasteiger partial charge in [-0.3, -0.25) is 9.89 Å². The van der Waals surface area contributed by atoms with E-state index in [1.165, 1.54) is 17.3 Å². The Morgan fingerprint density at radius 2 is 1.83 bits per heavy atom. The van der Waals surface area contributed by atoms with E-state index in [-0.39, 0.29) is 11.2 Å².